The van der Waals surface area contributed by atoms with Gasteiger partial charge in [0, 0.05) is 10.7 Å². The van der Waals surface area contributed by atoms with Gasteiger partial charge >= 0.3 is 0 Å². The zero-order valence-electron chi connectivity index (χ0n) is 11.3. The molecule has 0 fully saturated rings. The molecule has 5 heteroatoms. The maximum atomic E-state index is 12.5. The summed E-state index contributed by atoms with van der Waals surface area (Å²) in [5.74, 6) is -0.666. The Hall–Kier alpha value is -2.33. The van der Waals surface area contributed by atoms with Gasteiger partial charge in [0.1, 0.15) is 0 Å². The fourth-order valence-electron chi connectivity index (χ4n) is 2.57. The first kappa shape index (κ1) is 13.6. The van der Waals surface area contributed by atoms with Crippen LogP contribution in [0.5, 0.6) is 0 Å². The number of benzene rings is 2. The average molecular weight is 301 g/mol. The first-order valence-corrected chi connectivity index (χ1v) is 6.90. The molecule has 0 radical (unpaired) electrons. The van der Waals surface area contributed by atoms with Gasteiger partial charge in [0.15, 0.2) is 0 Å². The van der Waals surface area contributed by atoms with Crippen molar-refractivity contribution in [3.05, 3.63) is 64.2 Å². The smallest absolute Gasteiger partial charge is 0.264 e. The van der Waals surface area contributed by atoms with Crippen molar-refractivity contribution < 1.29 is 9.59 Å². The van der Waals surface area contributed by atoms with Crippen LogP contribution in [0.2, 0.25) is 5.02 Å². The molecule has 21 heavy (non-hydrogen) atoms. The van der Waals surface area contributed by atoms with E-state index in [9.17, 15) is 9.59 Å². The Kier molecular flexibility index (Phi) is 3.18. The number of halogens is 1. The van der Waals surface area contributed by atoms with E-state index in [1.54, 1.807) is 49.4 Å². The van der Waals surface area contributed by atoms with E-state index in [-0.39, 0.29) is 17.9 Å². The number of nitrogen functional groups attached to an aromatic ring is 1. The van der Waals surface area contributed by atoms with Crippen LogP contribution in [0.3, 0.4) is 0 Å². The van der Waals surface area contributed by atoms with Gasteiger partial charge in [-0.3, -0.25) is 14.5 Å². The minimum absolute atomic E-state index is 0.295. The lowest BCUT2D eigenvalue weighted by molar-refractivity contribution is 0.0595. The predicted molar refractivity (Wildman–Crippen MR) is 81.2 cm³/mol. The second-order valence-corrected chi connectivity index (χ2v) is 5.41. The number of hydrogen-bond donors (Lipinski definition) is 1. The largest absolute Gasteiger partial charge is 0.398 e. The Morgan fingerprint density at radius 3 is 2.33 bits per heavy atom. The molecule has 2 aromatic carbocycles. The maximum Gasteiger partial charge on any atom is 0.264 e. The molecule has 1 aliphatic heterocycles. The summed E-state index contributed by atoms with van der Waals surface area (Å²) in [5.41, 5.74) is 7.66. The van der Waals surface area contributed by atoms with Crippen LogP contribution in [0.25, 0.3) is 0 Å². The number of anilines is 1. The molecule has 0 saturated heterocycles. The number of amides is 2. The van der Waals surface area contributed by atoms with Crippen molar-refractivity contribution in [2.24, 2.45) is 0 Å². The van der Waals surface area contributed by atoms with Crippen molar-refractivity contribution in [3.63, 3.8) is 0 Å². The number of carbonyl (C=O) groups excluding carboxylic acids is 2. The van der Waals surface area contributed by atoms with E-state index in [1.807, 2.05) is 0 Å². The van der Waals surface area contributed by atoms with Gasteiger partial charge in [0.2, 0.25) is 0 Å². The SMILES string of the molecule is CC(c1ccc(Cl)cc1)N1C(=O)c2cccc(N)c2C1=O. The predicted octanol–water partition coefficient (Wildman–Crippen LogP) is 3.28. The van der Waals surface area contributed by atoms with Crippen molar-refractivity contribution in [2.45, 2.75) is 13.0 Å². The zero-order chi connectivity index (χ0) is 15.1. The third-order valence-corrected chi connectivity index (χ3v) is 3.97. The van der Waals surface area contributed by atoms with Crippen LogP contribution < -0.4 is 5.73 Å². The summed E-state index contributed by atoms with van der Waals surface area (Å²) < 4.78 is 0. The van der Waals surface area contributed by atoms with E-state index < -0.39 is 0 Å². The number of imide groups is 1. The van der Waals surface area contributed by atoms with Gasteiger partial charge in [0.05, 0.1) is 17.2 Å². The second kappa shape index (κ2) is 4.90. The van der Waals surface area contributed by atoms with Crippen LogP contribution in [-0.4, -0.2) is 16.7 Å². The van der Waals surface area contributed by atoms with E-state index in [4.69, 9.17) is 17.3 Å². The van der Waals surface area contributed by atoms with Crippen LogP contribution in [0.1, 0.15) is 39.2 Å². The lowest BCUT2D eigenvalue weighted by Crippen LogP contribution is -2.32. The first-order valence-electron chi connectivity index (χ1n) is 6.52. The van der Waals surface area contributed by atoms with E-state index in [2.05, 4.69) is 0 Å². The van der Waals surface area contributed by atoms with Crippen LogP contribution in [0, 0.1) is 0 Å². The van der Waals surface area contributed by atoms with E-state index in [0.717, 1.165) is 5.56 Å². The van der Waals surface area contributed by atoms with E-state index in [0.29, 0.717) is 21.8 Å². The fourth-order valence-corrected chi connectivity index (χ4v) is 2.70. The number of carbonyl (C=O) groups is 2. The van der Waals surface area contributed by atoms with Crippen molar-refractivity contribution in [3.8, 4) is 0 Å². The van der Waals surface area contributed by atoms with Gasteiger partial charge in [-0.2, -0.15) is 0 Å². The van der Waals surface area contributed by atoms with Gasteiger partial charge in [-0.25, -0.2) is 0 Å². The topological polar surface area (TPSA) is 63.4 Å². The number of nitrogens with two attached hydrogens (primary N) is 1. The van der Waals surface area contributed by atoms with Gasteiger partial charge in [-0.1, -0.05) is 29.8 Å². The Balaban J connectivity index is 2.02. The third kappa shape index (κ3) is 2.08. The minimum atomic E-state index is -0.380. The highest BCUT2D eigenvalue weighted by Crippen LogP contribution is 2.33. The molecule has 2 N–H and O–H groups in total. The van der Waals surface area contributed by atoms with Crippen LogP contribution in [-0.2, 0) is 0 Å². The molecule has 1 heterocycles. The molecule has 2 amide bonds. The molecule has 1 unspecified atom stereocenters. The maximum absolute atomic E-state index is 12.5. The molecular formula is C16H13ClN2O2. The standard InChI is InChI=1S/C16H13ClN2O2/c1-9(10-5-7-11(17)8-6-10)19-15(20)12-3-2-4-13(18)14(12)16(19)21/h2-9H,18H2,1H3. The van der Waals surface area contributed by atoms with Crippen molar-refractivity contribution >= 4 is 29.1 Å². The number of rotatable bonds is 2. The van der Waals surface area contributed by atoms with Crippen LogP contribution in [0.15, 0.2) is 42.5 Å². The Morgan fingerprint density at radius 1 is 1.05 bits per heavy atom. The van der Waals surface area contributed by atoms with Crippen LogP contribution in [0.4, 0.5) is 5.69 Å². The summed E-state index contributed by atoms with van der Waals surface area (Å²) in [6, 6.07) is 11.6. The van der Waals surface area contributed by atoms with Gasteiger partial charge in [-0.15, -0.1) is 0 Å². The summed E-state index contributed by atoms with van der Waals surface area (Å²) in [6.45, 7) is 1.81. The van der Waals surface area contributed by atoms with Crippen molar-refractivity contribution in [2.75, 3.05) is 5.73 Å². The number of nitrogens with zero attached hydrogens (tertiary/aromatic N) is 1. The molecule has 0 spiro atoms. The summed E-state index contributed by atoms with van der Waals surface area (Å²) in [5, 5.41) is 0.609. The lowest BCUT2D eigenvalue weighted by Gasteiger charge is -2.22. The average Bonchev–Trinajstić information content (AvgIpc) is 2.72. The van der Waals surface area contributed by atoms with E-state index in [1.165, 1.54) is 4.90 Å². The quantitative estimate of drug-likeness (QED) is 0.684. The van der Waals surface area contributed by atoms with Crippen LogP contribution >= 0.6 is 11.6 Å². The third-order valence-electron chi connectivity index (χ3n) is 3.72. The molecule has 1 aliphatic rings. The molecule has 0 aromatic heterocycles. The van der Waals surface area contributed by atoms with Crippen molar-refractivity contribution in [1.29, 1.82) is 0 Å². The summed E-state index contributed by atoms with van der Waals surface area (Å²) in [4.78, 5) is 26.2. The minimum Gasteiger partial charge on any atom is -0.398 e. The first-order chi connectivity index (χ1) is 10.0. The molecule has 0 saturated carbocycles. The molecule has 106 valence electrons. The highest BCUT2D eigenvalue weighted by atomic mass is 35.5. The molecule has 0 aliphatic carbocycles. The highest BCUT2D eigenvalue weighted by Gasteiger charge is 2.40. The monoisotopic (exact) mass is 300 g/mol. The highest BCUT2D eigenvalue weighted by molar-refractivity contribution is 6.30. The van der Waals surface area contributed by atoms with Gasteiger partial charge in [0.25, 0.3) is 11.8 Å². The van der Waals surface area contributed by atoms with E-state index >= 15 is 0 Å². The molecule has 2 aromatic rings. The van der Waals surface area contributed by atoms with Crippen molar-refractivity contribution in [1.82, 2.24) is 4.90 Å². The Morgan fingerprint density at radius 2 is 1.71 bits per heavy atom. The summed E-state index contributed by atoms with van der Waals surface area (Å²) in [7, 11) is 0. The van der Waals surface area contributed by atoms with Gasteiger partial charge < -0.3 is 5.73 Å². The molecule has 0 bridgehead atoms. The summed E-state index contributed by atoms with van der Waals surface area (Å²) in [6.07, 6.45) is 0. The molecule has 3 rings (SSSR count). The molecule has 4 nitrogen and oxygen atoms in total. The Bertz CT molecular complexity index is 740. The normalized spacial score (nSPS) is 15.2. The number of fused-ring (bicyclic) bond motifs is 1. The molecular weight excluding hydrogens is 288 g/mol. The molecule has 1 atom stereocenters. The Labute approximate surface area is 127 Å². The zero-order valence-corrected chi connectivity index (χ0v) is 12.1. The number of hydrogen-bond acceptors (Lipinski definition) is 3. The fraction of sp³-hybridized carbons (Fsp3) is 0.125. The lowest BCUT2D eigenvalue weighted by atomic mass is 10.1. The van der Waals surface area contributed by atoms with Gasteiger partial charge in [-0.05, 0) is 36.8 Å². The summed E-state index contributed by atoms with van der Waals surface area (Å²) >= 11 is 5.86. The second-order valence-electron chi connectivity index (χ2n) is 4.98.